The van der Waals surface area contributed by atoms with Crippen LogP contribution < -0.4 is 5.32 Å². The Kier molecular flexibility index (Phi) is 6.40. The van der Waals surface area contributed by atoms with Gasteiger partial charge in [-0.15, -0.1) is 0 Å². The SMILES string of the molecule is O=C(Nc1cc(-c2[nH]c3cncnc3c2-c2ccccn2)ccn1)C(CC(F)F)c1ccc(F)cc1. The molecule has 1 unspecified atom stereocenters. The highest BCUT2D eigenvalue weighted by Gasteiger charge is 2.26. The van der Waals surface area contributed by atoms with E-state index in [9.17, 15) is 18.0 Å². The molecule has 180 valence electrons. The largest absolute Gasteiger partial charge is 0.351 e. The second kappa shape index (κ2) is 9.95. The van der Waals surface area contributed by atoms with Crippen LogP contribution in [0.5, 0.6) is 0 Å². The second-order valence-electron chi connectivity index (χ2n) is 8.02. The van der Waals surface area contributed by atoms with Crippen LogP contribution in [0.25, 0.3) is 33.5 Å². The van der Waals surface area contributed by atoms with Crippen molar-refractivity contribution in [2.75, 3.05) is 5.32 Å². The molecule has 0 aliphatic rings. The topological polar surface area (TPSA) is 96.5 Å². The predicted molar refractivity (Wildman–Crippen MR) is 129 cm³/mol. The number of anilines is 1. The van der Waals surface area contributed by atoms with Crippen molar-refractivity contribution >= 4 is 22.8 Å². The van der Waals surface area contributed by atoms with Gasteiger partial charge in [0.25, 0.3) is 0 Å². The van der Waals surface area contributed by atoms with Crippen molar-refractivity contribution in [2.24, 2.45) is 0 Å². The first kappa shape index (κ1) is 23.2. The van der Waals surface area contributed by atoms with Gasteiger partial charge in [0.1, 0.15) is 23.5 Å². The smallest absolute Gasteiger partial charge is 0.239 e. The molecular formula is C26H19F3N6O. The summed E-state index contributed by atoms with van der Waals surface area (Å²) >= 11 is 0. The van der Waals surface area contributed by atoms with E-state index in [1.807, 2.05) is 18.2 Å². The Morgan fingerprint density at radius 3 is 2.58 bits per heavy atom. The zero-order valence-electron chi connectivity index (χ0n) is 18.7. The molecule has 0 bridgehead atoms. The summed E-state index contributed by atoms with van der Waals surface area (Å²) in [6.45, 7) is 0. The van der Waals surface area contributed by atoms with Crippen molar-refractivity contribution < 1.29 is 18.0 Å². The van der Waals surface area contributed by atoms with Gasteiger partial charge in [0.05, 0.1) is 34.6 Å². The van der Waals surface area contributed by atoms with Crippen molar-refractivity contribution in [1.29, 1.82) is 0 Å². The maximum absolute atomic E-state index is 13.3. The molecule has 0 aliphatic carbocycles. The second-order valence-corrected chi connectivity index (χ2v) is 8.02. The van der Waals surface area contributed by atoms with Crippen LogP contribution in [0.3, 0.4) is 0 Å². The molecular weight excluding hydrogens is 469 g/mol. The van der Waals surface area contributed by atoms with Crippen LogP contribution in [0.1, 0.15) is 17.9 Å². The number of nitrogens with zero attached hydrogens (tertiary/aromatic N) is 4. The minimum atomic E-state index is -2.72. The van der Waals surface area contributed by atoms with E-state index < -0.39 is 30.5 Å². The van der Waals surface area contributed by atoms with Crippen molar-refractivity contribution in [2.45, 2.75) is 18.8 Å². The molecule has 0 radical (unpaired) electrons. The molecule has 36 heavy (non-hydrogen) atoms. The van der Waals surface area contributed by atoms with E-state index in [4.69, 9.17) is 0 Å². The molecule has 1 aromatic carbocycles. The van der Waals surface area contributed by atoms with Crippen LogP contribution in [0.2, 0.25) is 0 Å². The number of H-pyrrole nitrogens is 1. The zero-order valence-corrected chi connectivity index (χ0v) is 18.7. The van der Waals surface area contributed by atoms with Crippen LogP contribution >= 0.6 is 0 Å². The van der Waals surface area contributed by atoms with Crippen LogP contribution in [-0.2, 0) is 4.79 Å². The van der Waals surface area contributed by atoms with E-state index in [-0.39, 0.29) is 11.4 Å². The summed E-state index contributed by atoms with van der Waals surface area (Å²) in [6, 6.07) is 13.8. The number of aromatic amines is 1. The third-order valence-electron chi connectivity index (χ3n) is 5.68. The highest BCUT2D eigenvalue weighted by Crippen LogP contribution is 2.36. The molecule has 4 aromatic heterocycles. The van der Waals surface area contributed by atoms with Crippen molar-refractivity contribution in [3.63, 3.8) is 0 Å². The third kappa shape index (κ3) is 4.78. The summed E-state index contributed by atoms with van der Waals surface area (Å²) in [5, 5.41) is 2.63. The van der Waals surface area contributed by atoms with Crippen LogP contribution in [0.4, 0.5) is 19.0 Å². The van der Waals surface area contributed by atoms with Gasteiger partial charge in [0.2, 0.25) is 12.3 Å². The van der Waals surface area contributed by atoms with E-state index in [0.717, 1.165) is 17.7 Å². The van der Waals surface area contributed by atoms with Crippen LogP contribution in [-0.4, -0.2) is 37.3 Å². The maximum atomic E-state index is 13.3. The van der Waals surface area contributed by atoms with Gasteiger partial charge in [0.15, 0.2) is 0 Å². The van der Waals surface area contributed by atoms with E-state index >= 15 is 0 Å². The highest BCUT2D eigenvalue weighted by molar-refractivity contribution is 6.01. The number of nitrogens with one attached hydrogen (secondary N) is 2. The molecule has 10 heteroatoms. The van der Waals surface area contributed by atoms with Gasteiger partial charge in [-0.2, -0.15) is 0 Å². The van der Waals surface area contributed by atoms with E-state index in [1.165, 1.54) is 24.7 Å². The summed E-state index contributed by atoms with van der Waals surface area (Å²) in [5.41, 5.74) is 4.46. The molecule has 5 rings (SSSR count). The Balaban J connectivity index is 1.50. The van der Waals surface area contributed by atoms with Gasteiger partial charge in [-0.25, -0.2) is 28.1 Å². The fourth-order valence-corrected chi connectivity index (χ4v) is 4.05. The number of carbonyl (C=O) groups excluding carboxylic acids is 1. The zero-order chi connectivity index (χ0) is 25.1. The molecule has 1 atom stereocenters. The Morgan fingerprint density at radius 2 is 1.83 bits per heavy atom. The summed E-state index contributed by atoms with van der Waals surface area (Å²) in [7, 11) is 0. The quantitative estimate of drug-likeness (QED) is 0.311. The number of amides is 1. The minimum Gasteiger partial charge on any atom is -0.351 e. The molecule has 0 saturated heterocycles. The molecule has 5 aromatic rings. The number of halogens is 3. The molecule has 0 fully saturated rings. The molecule has 2 N–H and O–H groups in total. The number of hydrogen-bond acceptors (Lipinski definition) is 5. The van der Waals surface area contributed by atoms with Crippen LogP contribution in [0, 0.1) is 5.82 Å². The molecule has 4 heterocycles. The standard InChI is InChI=1S/C26H19F3N6O/c27-17-6-4-15(5-7-17)18(12-21(28)29)26(36)35-22-11-16(8-10-32-22)24-23(19-3-1-2-9-31-19)25-20(34-24)13-30-14-33-25/h1-11,13-14,18,21,34H,12H2,(H,32,35,36). The summed E-state index contributed by atoms with van der Waals surface area (Å²) in [4.78, 5) is 33.4. The lowest BCUT2D eigenvalue weighted by atomic mass is 9.95. The number of aromatic nitrogens is 5. The van der Waals surface area contributed by atoms with Gasteiger partial charge in [-0.1, -0.05) is 18.2 Å². The van der Waals surface area contributed by atoms with Crippen molar-refractivity contribution in [1.82, 2.24) is 24.9 Å². The number of rotatable bonds is 7. The summed E-state index contributed by atoms with van der Waals surface area (Å²) in [6.07, 6.45) is 2.85. The van der Waals surface area contributed by atoms with E-state index in [0.29, 0.717) is 28.0 Å². The van der Waals surface area contributed by atoms with E-state index in [1.54, 1.807) is 24.5 Å². The van der Waals surface area contributed by atoms with E-state index in [2.05, 4.69) is 30.2 Å². The van der Waals surface area contributed by atoms with Crippen LogP contribution in [0.15, 0.2) is 79.5 Å². The van der Waals surface area contributed by atoms with Crippen molar-refractivity contribution in [3.05, 3.63) is 90.9 Å². The molecule has 0 saturated carbocycles. The average molecular weight is 488 g/mol. The molecule has 1 amide bonds. The average Bonchev–Trinajstić information content (AvgIpc) is 3.28. The fourth-order valence-electron chi connectivity index (χ4n) is 4.05. The first-order valence-corrected chi connectivity index (χ1v) is 11.0. The number of pyridine rings is 2. The normalized spacial score (nSPS) is 12.1. The maximum Gasteiger partial charge on any atom is 0.239 e. The highest BCUT2D eigenvalue weighted by atomic mass is 19.3. The lowest BCUT2D eigenvalue weighted by Crippen LogP contribution is -2.23. The Bertz CT molecular complexity index is 1510. The Labute approximate surface area is 203 Å². The number of alkyl halides is 2. The minimum absolute atomic E-state index is 0.176. The number of benzene rings is 1. The van der Waals surface area contributed by atoms with Gasteiger partial charge in [-0.3, -0.25) is 9.78 Å². The Hall–Kier alpha value is -4.60. The molecule has 7 nitrogen and oxygen atoms in total. The fraction of sp³-hybridized carbons (Fsp3) is 0.115. The lowest BCUT2D eigenvalue weighted by Gasteiger charge is -2.17. The van der Waals surface area contributed by atoms with Gasteiger partial charge in [0, 0.05) is 24.4 Å². The first-order valence-electron chi connectivity index (χ1n) is 11.0. The van der Waals surface area contributed by atoms with Gasteiger partial charge < -0.3 is 10.3 Å². The number of fused-ring (bicyclic) bond motifs is 1. The molecule has 0 spiro atoms. The summed E-state index contributed by atoms with van der Waals surface area (Å²) < 4.78 is 39.8. The predicted octanol–water partition coefficient (Wildman–Crippen LogP) is 5.60. The monoisotopic (exact) mass is 488 g/mol. The first-order chi connectivity index (χ1) is 17.5. The summed E-state index contributed by atoms with van der Waals surface area (Å²) in [5.74, 6) is -2.19. The van der Waals surface area contributed by atoms with Gasteiger partial charge >= 0.3 is 0 Å². The number of carbonyl (C=O) groups is 1. The Morgan fingerprint density at radius 1 is 1.00 bits per heavy atom. The third-order valence-corrected chi connectivity index (χ3v) is 5.68. The molecule has 0 aliphatic heterocycles. The van der Waals surface area contributed by atoms with Crippen molar-refractivity contribution in [3.8, 4) is 22.5 Å². The number of hydrogen-bond donors (Lipinski definition) is 2. The lowest BCUT2D eigenvalue weighted by molar-refractivity contribution is -0.118. The van der Waals surface area contributed by atoms with Gasteiger partial charge in [-0.05, 0) is 42.0 Å².